The molecule has 15 heavy (non-hydrogen) atoms. The van der Waals surface area contributed by atoms with Crippen LogP contribution in [0.1, 0.15) is 6.92 Å². The summed E-state index contributed by atoms with van der Waals surface area (Å²) in [5.74, 6) is -1.23. The first-order chi connectivity index (χ1) is 6.97. The highest BCUT2D eigenvalue weighted by Crippen LogP contribution is 2.25. The normalized spacial score (nSPS) is 9.40. The van der Waals surface area contributed by atoms with Crippen molar-refractivity contribution in [2.45, 2.75) is 6.92 Å². The second kappa shape index (κ2) is 6.31. The van der Waals surface area contributed by atoms with Crippen molar-refractivity contribution in [2.24, 2.45) is 0 Å². The zero-order valence-electron chi connectivity index (χ0n) is 8.21. The molecule has 5 N–H and O–H groups in total. The summed E-state index contributed by atoms with van der Waals surface area (Å²) in [6.07, 6.45) is 2.56. The fraction of sp³-hybridized carbons (Fsp3) is 0.100. The summed E-state index contributed by atoms with van der Waals surface area (Å²) in [7, 11) is 0. The van der Waals surface area contributed by atoms with Crippen LogP contribution in [0.4, 0.5) is 5.69 Å². The average Bonchev–Trinajstić information content (AvgIpc) is 2.13. The van der Waals surface area contributed by atoms with Gasteiger partial charge in [0.1, 0.15) is 0 Å². The summed E-state index contributed by atoms with van der Waals surface area (Å²) in [5.41, 5.74) is 5.69. The molecule has 0 heterocycles. The molecule has 0 unspecified atom stereocenters. The van der Waals surface area contributed by atoms with Crippen molar-refractivity contribution in [3.63, 3.8) is 0 Å². The van der Waals surface area contributed by atoms with Gasteiger partial charge in [0.25, 0.3) is 0 Å². The number of carboxylic acids is 1. The number of carboxylic acid groups (broad SMARTS) is 1. The molecular formula is C10H13NO4. The number of rotatable bonds is 1. The zero-order chi connectivity index (χ0) is 11.8. The van der Waals surface area contributed by atoms with Crippen molar-refractivity contribution < 1.29 is 20.1 Å². The quantitative estimate of drug-likeness (QED) is 0.243. The third-order valence-electron chi connectivity index (χ3n) is 1.31. The number of aromatic hydroxyl groups is 2. The Hall–Kier alpha value is -2.17. The molecule has 0 fully saturated rings. The molecule has 0 saturated heterocycles. The van der Waals surface area contributed by atoms with Crippen LogP contribution in [0.5, 0.6) is 11.5 Å². The fourth-order valence-corrected chi connectivity index (χ4v) is 0.683. The topological polar surface area (TPSA) is 104 Å². The Balaban J connectivity index is 0.000000288. The maximum absolute atomic E-state index is 9.51. The van der Waals surface area contributed by atoms with Crippen LogP contribution in [0.3, 0.4) is 0 Å². The van der Waals surface area contributed by atoms with Gasteiger partial charge in [-0.15, -0.1) is 0 Å². The van der Waals surface area contributed by atoms with Gasteiger partial charge in [0.15, 0.2) is 11.5 Å². The molecule has 0 aliphatic heterocycles. The molecular weight excluding hydrogens is 198 g/mol. The number of nitrogen functional groups attached to an aromatic ring is 1. The van der Waals surface area contributed by atoms with Crippen molar-refractivity contribution >= 4 is 11.7 Å². The minimum atomic E-state index is -0.891. The number of phenols is 2. The Kier molecular flexibility index (Phi) is 5.40. The van der Waals surface area contributed by atoms with Gasteiger partial charge in [-0.25, -0.2) is 4.79 Å². The third-order valence-corrected chi connectivity index (χ3v) is 1.31. The molecule has 0 amide bonds. The molecule has 0 aliphatic carbocycles. The van der Waals surface area contributed by atoms with E-state index in [9.17, 15) is 4.79 Å². The van der Waals surface area contributed by atoms with Crippen LogP contribution in [0, 0.1) is 0 Å². The fourth-order valence-electron chi connectivity index (χ4n) is 0.683. The molecule has 0 bridgehead atoms. The van der Waals surface area contributed by atoms with E-state index in [0.29, 0.717) is 5.69 Å². The van der Waals surface area contributed by atoms with Gasteiger partial charge < -0.3 is 21.1 Å². The molecule has 1 aromatic rings. The molecule has 0 aliphatic rings. The summed E-state index contributed by atoms with van der Waals surface area (Å²) in [6, 6.07) is 4.13. The maximum atomic E-state index is 9.51. The SMILES string of the molecule is CC=CC(=O)O.Nc1ccc(O)c(O)c1. The number of anilines is 1. The highest BCUT2D eigenvalue weighted by molar-refractivity contribution is 5.79. The Morgan fingerprint density at radius 2 is 1.93 bits per heavy atom. The Bertz CT molecular complexity index is 360. The smallest absolute Gasteiger partial charge is 0.327 e. The van der Waals surface area contributed by atoms with E-state index in [0.717, 1.165) is 6.08 Å². The van der Waals surface area contributed by atoms with Gasteiger partial charge in [0.05, 0.1) is 0 Å². The van der Waals surface area contributed by atoms with E-state index in [4.69, 9.17) is 21.1 Å². The van der Waals surface area contributed by atoms with Crippen molar-refractivity contribution in [1.29, 1.82) is 0 Å². The number of benzene rings is 1. The number of hydrogen-bond acceptors (Lipinski definition) is 4. The predicted octanol–water partition coefficient (Wildman–Crippen LogP) is 1.33. The van der Waals surface area contributed by atoms with Crippen LogP contribution in [-0.2, 0) is 4.79 Å². The van der Waals surface area contributed by atoms with E-state index in [2.05, 4.69) is 0 Å². The monoisotopic (exact) mass is 211 g/mol. The molecule has 0 atom stereocenters. The third kappa shape index (κ3) is 5.98. The molecule has 82 valence electrons. The molecule has 1 aromatic carbocycles. The number of hydrogen-bond donors (Lipinski definition) is 4. The van der Waals surface area contributed by atoms with Crippen LogP contribution in [0.25, 0.3) is 0 Å². The van der Waals surface area contributed by atoms with E-state index >= 15 is 0 Å². The van der Waals surface area contributed by atoms with Crippen molar-refractivity contribution in [3.05, 3.63) is 30.4 Å². The summed E-state index contributed by atoms with van der Waals surface area (Å²) in [6.45, 7) is 1.66. The standard InChI is InChI=1S/C6H7NO2.C4H6O2/c7-4-1-2-5(8)6(9)3-4;1-2-3-4(5)6/h1-3,8-9H,7H2;2-3H,1H3,(H,5,6). The summed E-state index contributed by atoms with van der Waals surface area (Å²) in [5, 5.41) is 25.3. The van der Waals surface area contributed by atoms with Crippen LogP contribution < -0.4 is 5.73 Å². The Morgan fingerprint density at radius 3 is 2.20 bits per heavy atom. The zero-order valence-corrected chi connectivity index (χ0v) is 8.21. The molecule has 5 heteroatoms. The van der Waals surface area contributed by atoms with Gasteiger partial charge >= 0.3 is 5.97 Å². The van der Waals surface area contributed by atoms with Crippen molar-refractivity contribution in [2.75, 3.05) is 5.73 Å². The average molecular weight is 211 g/mol. The minimum Gasteiger partial charge on any atom is -0.504 e. The van der Waals surface area contributed by atoms with Gasteiger partial charge in [-0.2, -0.15) is 0 Å². The van der Waals surface area contributed by atoms with Gasteiger partial charge in [0.2, 0.25) is 0 Å². The van der Waals surface area contributed by atoms with Crippen molar-refractivity contribution in [1.82, 2.24) is 0 Å². The molecule has 0 spiro atoms. The first kappa shape index (κ1) is 12.8. The van der Waals surface area contributed by atoms with E-state index in [1.54, 1.807) is 6.92 Å². The highest BCUT2D eigenvalue weighted by atomic mass is 16.4. The second-order valence-electron chi connectivity index (χ2n) is 2.59. The predicted molar refractivity (Wildman–Crippen MR) is 56.6 cm³/mol. The molecule has 0 saturated carbocycles. The number of phenolic OH excluding ortho intramolecular Hbond substituents is 2. The van der Waals surface area contributed by atoms with Crippen LogP contribution in [0.15, 0.2) is 30.4 Å². The van der Waals surface area contributed by atoms with Crippen LogP contribution in [0.2, 0.25) is 0 Å². The molecule has 0 radical (unpaired) electrons. The number of allylic oxidation sites excluding steroid dienone is 1. The van der Waals surface area contributed by atoms with E-state index in [1.165, 1.54) is 24.3 Å². The van der Waals surface area contributed by atoms with Gasteiger partial charge in [-0.1, -0.05) is 6.08 Å². The summed E-state index contributed by atoms with van der Waals surface area (Å²) < 4.78 is 0. The minimum absolute atomic E-state index is 0.149. The van der Waals surface area contributed by atoms with Crippen molar-refractivity contribution in [3.8, 4) is 11.5 Å². The highest BCUT2D eigenvalue weighted by Gasteiger charge is 1.95. The van der Waals surface area contributed by atoms with E-state index < -0.39 is 5.97 Å². The van der Waals surface area contributed by atoms with E-state index in [-0.39, 0.29) is 11.5 Å². The Labute approximate surface area is 87.1 Å². The number of carbonyl (C=O) groups is 1. The van der Waals surface area contributed by atoms with Gasteiger partial charge in [-0.3, -0.25) is 0 Å². The maximum Gasteiger partial charge on any atom is 0.327 e. The lowest BCUT2D eigenvalue weighted by Crippen LogP contribution is -1.83. The number of nitrogens with two attached hydrogens (primary N) is 1. The first-order valence-electron chi connectivity index (χ1n) is 4.10. The lowest BCUT2D eigenvalue weighted by molar-refractivity contribution is -0.131. The summed E-state index contributed by atoms with van der Waals surface area (Å²) >= 11 is 0. The summed E-state index contributed by atoms with van der Waals surface area (Å²) in [4.78, 5) is 9.51. The molecule has 0 aromatic heterocycles. The largest absolute Gasteiger partial charge is 0.504 e. The lowest BCUT2D eigenvalue weighted by atomic mass is 10.3. The molecule has 5 nitrogen and oxygen atoms in total. The van der Waals surface area contributed by atoms with Crippen LogP contribution >= 0.6 is 0 Å². The van der Waals surface area contributed by atoms with Gasteiger partial charge in [0, 0.05) is 17.8 Å². The molecule has 1 rings (SSSR count). The lowest BCUT2D eigenvalue weighted by Gasteiger charge is -1.95. The Morgan fingerprint density at radius 1 is 1.33 bits per heavy atom. The van der Waals surface area contributed by atoms with Gasteiger partial charge in [-0.05, 0) is 19.1 Å². The van der Waals surface area contributed by atoms with E-state index in [1.807, 2.05) is 0 Å². The second-order valence-corrected chi connectivity index (χ2v) is 2.59. The van der Waals surface area contributed by atoms with Crippen LogP contribution in [-0.4, -0.2) is 21.3 Å². The first-order valence-corrected chi connectivity index (χ1v) is 4.10. The number of aliphatic carboxylic acids is 1.